The quantitative estimate of drug-likeness (QED) is 0.826. The lowest BCUT2D eigenvalue weighted by Gasteiger charge is -2.13. The summed E-state index contributed by atoms with van der Waals surface area (Å²) in [6.07, 6.45) is -4.41. The van der Waals surface area contributed by atoms with Crippen molar-refractivity contribution >= 4 is 0 Å². The molecule has 0 radical (unpaired) electrons. The molecule has 0 aliphatic carbocycles. The molecular weight excluding hydrogens is 237 g/mol. The molecule has 1 heterocycles. The Morgan fingerprint density at radius 3 is 2.44 bits per heavy atom. The molecule has 0 fully saturated rings. The fourth-order valence-electron chi connectivity index (χ4n) is 0.969. The summed E-state index contributed by atoms with van der Waals surface area (Å²) < 4.78 is 64.4. The fourth-order valence-corrected chi connectivity index (χ4v) is 0.969. The number of alkyl halides is 4. The van der Waals surface area contributed by atoms with Crippen LogP contribution in [0.5, 0.6) is 5.75 Å². The molecule has 0 spiro atoms. The summed E-state index contributed by atoms with van der Waals surface area (Å²) in [5.41, 5.74) is -1.32. The number of halogens is 5. The maximum absolute atomic E-state index is 13.3. The fraction of sp³-hybridized carbons (Fsp3) is 0.375. The van der Waals surface area contributed by atoms with E-state index in [9.17, 15) is 22.0 Å². The summed E-state index contributed by atoms with van der Waals surface area (Å²) in [5.74, 6) is -2.82. The molecule has 1 N–H and O–H groups in total. The Hall–Kier alpha value is -1.44. The van der Waals surface area contributed by atoms with Gasteiger partial charge < -0.3 is 9.84 Å². The van der Waals surface area contributed by atoms with Crippen molar-refractivity contribution in [1.29, 1.82) is 0 Å². The number of rotatable bonds is 3. The largest absolute Gasteiger partial charge is 0.573 e. The van der Waals surface area contributed by atoms with Crippen LogP contribution in [0.1, 0.15) is 11.3 Å². The van der Waals surface area contributed by atoms with E-state index in [4.69, 9.17) is 5.11 Å². The van der Waals surface area contributed by atoms with E-state index in [-0.39, 0.29) is 0 Å². The molecule has 0 atom stereocenters. The van der Waals surface area contributed by atoms with Gasteiger partial charge in [-0.3, -0.25) is 4.98 Å². The Labute approximate surface area is 86.5 Å². The average molecular weight is 243 g/mol. The highest BCUT2D eigenvalue weighted by Crippen LogP contribution is 2.30. The van der Waals surface area contributed by atoms with E-state index in [0.29, 0.717) is 0 Å². The second-order valence-electron chi connectivity index (χ2n) is 2.71. The van der Waals surface area contributed by atoms with Gasteiger partial charge in [-0.25, -0.2) is 8.78 Å². The molecule has 0 aliphatic rings. The van der Waals surface area contributed by atoms with Gasteiger partial charge in [0.2, 0.25) is 0 Å². The van der Waals surface area contributed by atoms with Crippen molar-refractivity contribution in [3.05, 3.63) is 23.3 Å². The minimum Gasteiger partial charge on any atom is -0.401 e. The van der Waals surface area contributed by atoms with E-state index in [2.05, 4.69) is 9.72 Å². The molecule has 1 aromatic rings. The smallest absolute Gasteiger partial charge is 0.401 e. The molecule has 0 saturated heterocycles. The predicted molar refractivity (Wildman–Crippen MR) is 41.6 cm³/mol. The molecule has 8 heteroatoms. The van der Waals surface area contributed by atoms with Crippen molar-refractivity contribution in [2.45, 2.75) is 19.6 Å². The van der Waals surface area contributed by atoms with Crippen molar-refractivity contribution in [2.24, 2.45) is 0 Å². The van der Waals surface area contributed by atoms with Gasteiger partial charge in [-0.1, -0.05) is 0 Å². The molecule has 90 valence electrons. The van der Waals surface area contributed by atoms with Gasteiger partial charge in [0.15, 0.2) is 11.6 Å². The molecule has 0 aliphatic heterocycles. The lowest BCUT2D eigenvalue weighted by atomic mass is 10.2. The zero-order valence-electron chi connectivity index (χ0n) is 7.68. The monoisotopic (exact) mass is 243 g/mol. The zero-order valence-corrected chi connectivity index (χ0v) is 7.68. The number of nitrogens with zero attached hydrogens (tertiary/aromatic N) is 1. The van der Waals surface area contributed by atoms with Gasteiger partial charge in [-0.15, -0.1) is 13.2 Å². The van der Waals surface area contributed by atoms with E-state index in [1.165, 1.54) is 0 Å². The van der Waals surface area contributed by atoms with Crippen molar-refractivity contribution < 1.29 is 31.8 Å². The van der Waals surface area contributed by atoms with E-state index < -0.39 is 42.5 Å². The molecule has 16 heavy (non-hydrogen) atoms. The normalized spacial score (nSPS) is 11.6. The summed E-state index contributed by atoms with van der Waals surface area (Å²) in [4.78, 5) is 3.21. The molecule has 0 saturated carbocycles. The molecule has 0 amide bonds. The van der Waals surface area contributed by atoms with Crippen molar-refractivity contribution in [3.63, 3.8) is 0 Å². The van der Waals surface area contributed by atoms with Gasteiger partial charge in [0, 0.05) is 11.8 Å². The van der Waals surface area contributed by atoms with E-state index in [0.717, 1.165) is 6.20 Å². The summed E-state index contributed by atoms with van der Waals surface area (Å²) in [6.45, 7) is -2.27. The van der Waals surface area contributed by atoms with Crippen LogP contribution in [0.25, 0.3) is 0 Å². The third-order valence-electron chi connectivity index (χ3n) is 1.63. The van der Waals surface area contributed by atoms with Gasteiger partial charge in [0.1, 0.15) is 12.4 Å². The predicted octanol–water partition coefficient (Wildman–Crippen LogP) is 2.08. The van der Waals surface area contributed by atoms with Crippen LogP contribution in [-0.2, 0) is 13.3 Å². The van der Waals surface area contributed by atoms with Crippen LogP contribution in [-0.4, -0.2) is 16.5 Å². The van der Waals surface area contributed by atoms with Crippen LogP contribution in [0.4, 0.5) is 22.0 Å². The topological polar surface area (TPSA) is 42.4 Å². The first-order valence-electron chi connectivity index (χ1n) is 3.98. The Morgan fingerprint density at radius 2 is 2.00 bits per heavy atom. The van der Waals surface area contributed by atoms with Gasteiger partial charge in [0.25, 0.3) is 0 Å². The minimum atomic E-state index is -5.15. The molecule has 0 aromatic carbocycles. The number of aliphatic hydroxyl groups excluding tert-OH is 1. The summed E-state index contributed by atoms with van der Waals surface area (Å²) in [7, 11) is 0. The van der Waals surface area contributed by atoms with Crippen molar-refractivity contribution in [2.75, 3.05) is 0 Å². The number of aliphatic hydroxyl groups is 1. The Bertz CT molecular complexity index is 379. The van der Waals surface area contributed by atoms with Crippen molar-refractivity contribution in [1.82, 2.24) is 4.98 Å². The molecular formula is C8H6F5NO2. The van der Waals surface area contributed by atoms with Crippen LogP contribution in [0.15, 0.2) is 6.20 Å². The second-order valence-corrected chi connectivity index (χ2v) is 2.71. The maximum Gasteiger partial charge on any atom is 0.573 e. The first-order valence-corrected chi connectivity index (χ1v) is 3.98. The average Bonchev–Trinajstić information content (AvgIpc) is 2.19. The Balaban J connectivity index is 3.21. The molecule has 1 aromatic heterocycles. The van der Waals surface area contributed by atoms with Gasteiger partial charge in [0.05, 0.1) is 6.61 Å². The molecule has 3 nitrogen and oxygen atoms in total. The number of pyridine rings is 1. The van der Waals surface area contributed by atoms with Crippen LogP contribution in [0, 0.1) is 5.82 Å². The molecule has 1 rings (SSSR count). The minimum absolute atomic E-state index is 0.503. The number of hydrogen-bond acceptors (Lipinski definition) is 3. The first kappa shape index (κ1) is 12.6. The first-order chi connectivity index (χ1) is 7.39. The third-order valence-corrected chi connectivity index (χ3v) is 1.63. The summed E-state index contributed by atoms with van der Waals surface area (Å²) >= 11 is 0. The highest BCUT2D eigenvalue weighted by molar-refractivity contribution is 5.33. The number of hydrogen-bond donors (Lipinski definition) is 1. The SMILES string of the molecule is OCc1cnc(CF)c(OC(F)(F)F)c1F. The van der Waals surface area contributed by atoms with Gasteiger partial charge in [-0.05, 0) is 0 Å². The molecule has 0 unspecified atom stereocenters. The molecule has 0 bridgehead atoms. The lowest BCUT2D eigenvalue weighted by molar-refractivity contribution is -0.276. The number of ether oxygens (including phenoxy) is 1. The maximum atomic E-state index is 13.3. The van der Waals surface area contributed by atoms with Crippen LogP contribution in [0.2, 0.25) is 0 Å². The Morgan fingerprint density at radius 1 is 1.38 bits per heavy atom. The van der Waals surface area contributed by atoms with E-state index >= 15 is 0 Å². The van der Waals surface area contributed by atoms with Crippen LogP contribution in [0.3, 0.4) is 0 Å². The summed E-state index contributed by atoms with van der Waals surface area (Å²) in [6, 6.07) is 0. The highest BCUT2D eigenvalue weighted by atomic mass is 19.4. The number of aromatic nitrogens is 1. The Kier molecular flexibility index (Phi) is 3.63. The third kappa shape index (κ3) is 2.78. The van der Waals surface area contributed by atoms with Crippen LogP contribution >= 0.6 is 0 Å². The van der Waals surface area contributed by atoms with Gasteiger partial charge >= 0.3 is 6.36 Å². The zero-order chi connectivity index (χ0) is 12.3. The second kappa shape index (κ2) is 4.60. The summed E-state index contributed by atoms with van der Waals surface area (Å²) in [5, 5.41) is 8.59. The lowest BCUT2D eigenvalue weighted by Crippen LogP contribution is -2.20. The van der Waals surface area contributed by atoms with Crippen molar-refractivity contribution in [3.8, 4) is 5.75 Å². The van der Waals surface area contributed by atoms with E-state index in [1.807, 2.05) is 0 Å². The van der Waals surface area contributed by atoms with E-state index in [1.54, 1.807) is 0 Å². The van der Waals surface area contributed by atoms with Crippen LogP contribution < -0.4 is 4.74 Å². The highest BCUT2D eigenvalue weighted by Gasteiger charge is 2.34. The standard InChI is InChI=1S/C8H6F5NO2/c9-1-5-7(16-8(11,12)13)6(10)4(3-15)2-14-5/h2,15H,1,3H2. The van der Waals surface area contributed by atoms with Gasteiger partial charge in [-0.2, -0.15) is 0 Å².